The number of hydrogen-bond acceptors (Lipinski definition) is 3. The maximum absolute atomic E-state index is 10.0. The quantitative estimate of drug-likeness (QED) is 0.393. The average Bonchev–Trinajstić information content (AvgIpc) is 2.12. The molecule has 0 aromatic heterocycles. The first-order valence-corrected chi connectivity index (χ1v) is 2.28. The summed E-state index contributed by atoms with van der Waals surface area (Å²) >= 11 is 0. The van der Waals surface area contributed by atoms with Gasteiger partial charge in [0.05, 0.1) is 13.2 Å². The predicted molar refractivity (Wildman–Crippen MR) is 30.2 cm³/mol. The molecule has 0 spiro atoms. The van der Waals surface area contributed by atoms with E-state index in [1.807, 2.05) is 0 Å². The Labute approximate surface area is 94.9 Å². The Morgan fingerprint density at radius 2 is 1.89 bits per heavy atom. The van der Waals surface area contributed by atoms with Crippen molar-refractivity contribution in [2.24, 2.45) is 5.92 Å². The Kier molecular flexibility index (Phi) is 5.33. The summed E-state index contributed by atoms with van der Waals surface area (Å²) in [5, 5.41) is 8.25. The van der Waals surface area contributed by atoms with Gasteiger partial charge in [-0.2, -0.15) is 0 Å². The number of carboxylic acids is 1. The topological polar surface area (TPSA) is 55.8 Å². The van der Waals surface area contributed by atoms with E-state index >= 15 is 0 Å². The molecule has 0 radical (unpaired) electrons. The van der Waals surface area contributed by atoms with Gasteiger partial charge in [0.1, 0.15) is 5.92 Å². The van der Waals surface area contributed by atoms with Crippen LogP contribution in [0.2, 0.25) is 0 Å². The van der Waals surface area contributed by atoms with E-state index in [4.69, 9.17) is 5.11 Å². The van der Waals surface area contributed by atoms with Crippen LogP contribution in [0.3, 0.4) is 0 Å². The van der Waals surface area contributed by atoms with Crippen molar-refractivity contribution in [3.8, 4) is 0 Å². The van der Waals surface area contributed by atoms with Crippen molar-refractivity contribution in [1.29, 1.82) is 0 Å². The Balaban J connectivity index is 0.000000640. The standard InChI is InChI=1S/C4H6O4.K.H/c5-4(6)3-1-7-8-2-3;;/h3H,1-2H2,(H,5,6);;. The summed E-state index contributed by atoms with van der Waals surface area (Å²) in [7, 11) is 0. The van der Waals surface area contributed by atoms with Gasteiger partial charge in [0.15, 0.2) is 0 Å². The molecule has 4 nitrogen and oxygen atoms in total. The van der Waals surface area contributed by atoms with E-state index < -0.39 is 11.9 Å². The summed E-state index contributed by atoms with van der Waals surface area (Å²) in [6, 6.07) is 0. The maximum atomic E-state index is 10.0. The van der Waals surface area contributed by atoms with E-state index in [2.05, 4.69) is 9.78 Å². The van der Waals surface area contributed by atoms with Crippen molar-refractivity contribution in [2.45, 2.75) is 0 Å². The van der Waals surface area contributed by atoms with Crippen molar-refractivity contribution in [1.82, 2.24) is 0 Å². The fraction of sp³-hybridized carbons (Fsp3) is 0.750. The third-order valence-corrected chi connectivity index (χ3v) is 0.971. The Bertz CT molecular complexity index is 98.7. The normalized spacial score (nSPS) is 19.1. The number of aliphatic carboxylic acids is 1. The molecule has 1 fully saturated rings. The van der Waals surface area contributed by atoms with Crippen LogP contribution in [0.4, 0.5) is 0 Å². The van der Waals surface area contributed by atoms with E-state index in [9.17, 15) is 4.79 Å². The van der Waals surface area contributed by atoms with Crippen LogP contribution < -0.4 is 0 Å². The van der Waals surface area contributed by atoms with Gasteiger partial charge in [0.2, 0.25) is 0 Å². The zero-order valence-corrected chi connectivity index (χ0v) is 4.16. The molecular weight excluding hydrogens is 151 g/mol. The van der Waals surface area contributed by atoms with Crippen LogP contribution in [-0.2, 0) is 14.6 Å². The molecule has 1 rings (SSSR count). The third-order valence-electron chi connectivity index (χ3n) is 0.971. The first-order chi connectivity index (χ1) is 3.80. The SMILES string of the molecule is O=C(O)C1COOC1.[KH]. The zero-order chi connectivity index (χ0) is 5.98. The second-order valence-corrected chi connectivity index (χ2v) is 1.60. The summed E-state index contributed by atoms with van der Waals surface area (Å²) in [4.78, 5) is 18.7. The molecule has 5 heteroatoms. The third kappa shape index (κ3) is 3.08. The van der Waals surface area contributed by atoms with Gasteiger partial charge in [-0.15, -0.1) is 0 Å². The van der Waals surface area contributed by atoms with Crippen LogP contribution in [0.5, 0.6) is 0 Å². The van der Waals surface area contributed by atoms with Crippen LogP contribution in [0.25, 0.3) is 0 Å². The van der Waals surface area contributed by atoms with Gasteiger partial charge in [-0.05, 0) is 0 Å². The Hall–Kier alpha value is 1.03. The predicted octanol–water partition coefficient (Wildman–Crippen LogP) is -1.000. The van der Waals surface area contributed by atoms with Crippen LogP contribution >= 0.6 is 0 Å². The molecule has 0 aromatic carbocycles. The minimum atomic E-state index is -0.859. The second-order valence-electron chi connectivity index (χ2n) is 1.60. The monoisotopic (exact) mass is 158 g/mol. The molecule has 1 saturated heterocycles. The summed E-state index contributed by atoms with van der Waals surface area (Å²) < 4.78 is 0. The number of rotatable bonds is 1. The molecule has 0 unspecified atom stereocenters. The first-order valence-electron chi connectivity index (χ1n) is 2.28. The van der Waals surface area contributed by atoms with Gasteiger partial charge < -0.3 is 5.11 Å². The fourth-order valence-corrected chi connectivity index (χ4v) is 0.451. The zero-order valence-electron chi connectivity index (χ0n) is 4.16. The minimum absolute atomic E-state index is 0. The summed E-state index contributed by atoms with van der Waals surface area (Å²) in [5.41, 5.74) is 0. The van der Waals surface area contributed by atoms with E-state index in [-0.39, 0.29) is 64.6 Å². The Morgan fingerprint density at radius 1 is 1.44 bits per heavy atom. The summed E-state index contributed by atoms with van der Waals surface area (Å²) in [6.07, 6.45) is 0. The molecule has 1 aliphatic heterocycles. The molecule has 0 atom stereocenters. The van der Waals surface area contributed by atoms with E-state index in [1.165, 1.54) is 0 Å². The molecule has 48 valence electrons. The van der Waals surface area contributed by atoms with Crippen molar-refractivity contribution in [3.05, 3.63) is 0 Å². The molecule has 0 amide bonds. The Morgan fingerprint density at radius 3 is 2.11 bits per heavy atom. The fourth-order valence-electron chi connectivity index (χ4n) is 0.451. The van der Waals surface area contributed by atoms with Gasteiger partial charge in [0, 0.05) is 0 Å². The van der Waals surface area contributed by atoms with E-state index in [0.717, 1.165) is 0 Å². The van der Waals surface area contributed by atoms with Gasteiger partial charge >= 0.3 is 57.4 Å². The van der Waals surface area contributed by atoms with Crippen molar-refractivity contribution < 1.29 is 19.7 Å². The molecule has 0 bridgehead atoms. The van der Waals surface area contributed by atoms with Gasteiger partial charge in [-0.1, -0.05) is 0 Å². The van der Waals surface area contributed by atoms with E-state index in [0.29, 0.717) is 0 Å². The first kappa shape index (κ1) is 10.0. The molecule has 0 saturated carbocycles. The van der Waals surface area contributed by atoms with Crippen LogP contribution in [-0.4, -0.2) is 75.7 Å². The average molecular weight is 158 g/mol. The molecular formula is C4H7KO4. The van der Waals surface area contributed by atoms with Crippen LogP contribution in [0.1, 0.15) is 0 Å². The van der Waals surface area contributed by atoms with Crippen LogP contribution in [0.15, 0.2) is 0 Å². The molecule has 0 aliphatic carbocycles. The molecule has 1 heterocycles. The van der Waals surface area contributed by atoms with Gasteiger partial charge in [-0.25, -0.2) is 9.78 Å². The molecule has 9 heavy (non-hydrogen) atoms. The van der Waals surface area contributed by atoms with Gasteiger partial charge in [0.25, 0.3) is 0 Å². The second kappa shape index (κ2) is 4.78. The number of hydrogen-bond donors (Lipinski definition) is 1. The summed E-state index contributed by atoms with van der Waals surface area (Å²) in [5.74, 6) is -1.32. The number of carboxylic acid groups (broad SMARTS) is 1. The van der Waals surface area contributed by atoms with Crippen LogP contribution in [0, 0.1) is 5.92 Å². The van der Waals surface area contributed by atoms with Gasteiger partial charge in [-0.3, -0.25) is 4.79 Å². The van der Waals surface area contributed by atoms with Crippen molar-refractivity contribution in [2.75, 3.05) is 13.2 Å². The number of carbonyl (C=O) groups is 1. The van der Waals surface area contributed by atoms with E-state index in [1.54, 1.807) is 0 Å². The summed E-state index contributed by atoms with van der Waals surface area (Å²) in [6.45, 7) is 0.352. The van der Waals surface area contributed by atoms with Crippen molar-refractivity contribution in [3.63, 3.8) is 0 Å². The van der Waals surface area contributed by atoms with Crippen molar-refractivity contribution >= 4 is 57.4 Å². The molecule has 1 N–H and O–H groups in total. The molecule has 0 aromatic rings. The molecule has 1 aliphatic rings.